The molecule has 0 aliphatic heterocycles. The van der Waals surface area contributed by atoms with Gasteiger partial charge in [-0.25, -0.2) is 0 Å². The Kier molecular flexibility index (Phi) is 4.81. The van der Waals surface area contributed by atoms with Crippen LogP contribution in [0.25, 0.3) is 0 Å². The monoisotopic (exact) mass is 273 g/mol. The lowest BCUT2D eigenvalue weighted by atomic mass is 10.0. The van der Waals surface area contributed by atoms with Crippen LogP contribution >= 0.6 is 35.3 Å². The highest BCUT2D eigenvalue weighted by Crippen LogP contribution is 2.25. The van der Waals surface area contributed by atoms with Crippen LogP contribution in [0.4, 0.5) is 0 Å². The van der Waals surface area contributed by atoms with Crippen molar-refractivity contribution in [1.82, 2.24) is 0 Å². The van der Waals surface area contributed by atoms with Crippen molar-refractivity contribution in [3.05, 3.63) is 56.7 Å². The zero-order valence-electron chi connectivity index (χ0n) is 8.81. The summed E-state index contributed by atoms with van der Waals surface area (Å²) >= 11 is 7.72. The van der Waals surface area contributed by atoms with Crippen LogP contribution in [0, 0.1) is 6.92 Å². The van der Waals surface area contributed by atoms with E-state index in [0.29, 0.717) is 0 Å². The lowest BCUT2D eigenvalue weighted by Gasteiger charge is -2.11. The average molecular weight is 274 g/mol. The second-order valence-electron chi connectivity index (χ2n) is 3.54. The summed E-state index contributed by atoms with van der Waals surface area (Å²) in [4.78, 5) is 0. The summed E-state index contributed by atoms with van der Waals surface area (Å²) in [5, 5.41) is 4.88. The Labute approximate surface area is 111 Å². The first-order valence-electron chi connectivity index (χ1n) is 4.72. The molecule has 0 aliphatic rings. The van der Waals surface area contributed by atoms with E-state index in [4.69, 9.17) is 17.3 Å². The molecule has 0 unspecified atom stereocenters. The van der Waals surface area contributed by atoms with Gasteiger partial charge in [0.05, 0.1) is 6.04 Å². The first kappa shape index (κ1) is 13.5. The number of rotatable bonds is 2. The van der Waals surface area contributed by atoms with Crippen molar-refractivity contribution >= 4 is 35.3 Å². The van der Waals surface area contributed by atoms with E-state index in [9.17, 15) is 0 Å². The summed E-state index contributed by atoms with van der Waals surface area (Å²) in [5.41, 5.74) is 9.41. The van der Waals surface area contributed by atoms with Gasteiger partial charge in [0.15, 0.2) is 0 Å². The zero-order chi connectivity index (χ0) is 10.8. The van der Waals surface area contributed by atoms with E-state index in [0.717, 1.165) is 21.7 Å². The molecule has 0 saturated heterocycles. The molecule has 0 saturated carbocycles. The SMILES string of the molecule is Cc1ccc([C@H](N)c2ccsc2)cc1Cl.Cl. The first-order valence-corrected chi connectivity index (χ1v) is 6.04. The summed E-state index contributed by atoms with van der Waals surface area (Å²) in [6, 6.07) is 7.95. The van der Waals surface area contributed by atoms with Gasteiger partial charge >= 0.3 is 0 Å². The van der Waals surface area contributed by atoms with Crippen LogP contribution in [0.5, 0.6) is 0 Å². The molecular weight excluding hydrogens is 261 g/mol. The number of nitrogens with two attached hydrogens (primary N) is 1. The molecule has 16 heavy (non-hydrogen) atoms. The molecule has 1 aromatic heterocycles. The molecule has 4 heteroatoms. The fourth-order valence-electron chi connectivity index (χ4n) is 1.45. The van der Waals surface area contributed by atoms with E-state index in [1.165, 1.54) is 0 Å². The van der Waals surface area contributed by atoms with Gasteiger partial charge in [0.2, 0.25) is 0 Å². The smallest absolute Gasteiger partial charge is 0.0560 e. The number of hydrogen-bond acceptors (Lipinski definition) is 2. The number of hydrogen-bond donors (Lipinski definition) is 1. The molecule has 1 nitrogen and oxygen atoms in total. The molecule has 0 radical (unpaired) electrons. The normalized spacial score (nSPS) is 11.9. The minimum Gasteiger partial charge on any atom is -0.320 e. The summed E-state index contributed by atoms with van der Waals surface area (Å²) in [6.07, 6.45) is 0. The molecular formula is C12H13Cl2NS. The maximum atomic E-state index is 6.13. The van der Waals surface area contributed by atoms with Crippen molar-refractivity contribution in [2.45, 2.75) is 13.0 Å². The van der Waals surface area contributed by atoms with E-state index in [1.807, 2.05) is 36.6 Å². The second-order valence-corrected chi connectivity index (χ2v) is 4.73. The molecule has 1 heterocycles. The van der Waals surface area contributed by atoms with Gasteiger partial charge in [-0.2, -0.15) is 11.3 Å². The third kappa shape index (κ3) is 2.77. The van der Waals surface area contributed by atoms with Crippen LogP contribution in [0.3, 0.4) is 0 Å². The predicted molar refractivity (Wildman–Crippen MR) is 73.8 cm³/mol. The van der Waals surface area contributed by atoms with Gasteiger partial charge in [-0.15, -0.1) is 12.4 Å². The van der Waals surface area contributed by atoms with E-state index < -0.39 is 0 Å². The fraction of sp³-hybridized carbons (Fsp3) is 0.167. The summed E-state index contributed by atoms with van der Waals surface area (Å²) in [6.45, 7) is 1.99. The van der Waals surface area contributed by atoms with Gasteiger partial charge in [-0.3, -0.25) is 0 Å². The maximum absolute atomic E-state index is 6.13. The van der Waals surface area contributed by atoms with Crippen molar-refractivity contribution in [3.8, 4) is 0 Å². The van der Waals surface area contributed by atoms with Crippen molar-refractivity contribution in [2.24, 2.45) is 5.73 Å². The lowest BCUT2D eigenvalue weighted by molar-refractivity contribution is 0.876. The lowest BCUT2D eigenvalue weighted by Crippen LogP contribution is -2.10. The molecule has 0 aliphatic carbocycles. The highest BCUT2D eigenvalue weighted by Gasteiger charge is 2.09. The molecule has 0 amide bonds. The molecule has 1 aromatic carbocycles. The predicted octanol–water partition coefficient (Wildman–Crippen LogP) is 4.18. The molecule has 2 aromatic rings. The Hall–Kier alpha value is -0.540. The van der Waals surface area contributed by atoms with Crippen molar-refractivity contribution in [3.63, 3.8) is 0 Å². The first-order chi connectivity index (χ1) is 7.18. The van der Waals surface area contributed by atoms with Crippen LogP contribution in [-0.4, -0.2) is 0 Å². The van der Waals surface area contributed by atoms with Crippen molar-refractivity contribution < 1.29 is 0 Å². The highest BCUT2D eigenvalue weighted by molar-refractivity contribution is 7.08. The Morgan fingerprint density at radius 2 is 2.00 bits per heavy atom. The van der Waals surface area contributed by atoms with Crippen molar-refractivity contribution in [2.75, 3.05) is 0 Å². The third-order valence-corrected chi connectivity index (χ3v) is 3.57. The molecule has 0 spiro atoms. The van der Waals surface area contributed by atoms with Gasteiger partial charge in [0, 0.05) is 5.02 Å². The van der Waals surface area contributed by atoms with E-state index in [1.54, 1.807) is 11.3 Å². The Bertz CT molecular complexity index is 454. The largest absolute Gasteiger partial charge is 0.320 e. The van der Waals surface area contributed by atoms with Gasteiger partial charge in [-0.1, -0.05) is 23.7 Å². The third-order valence-electron chi connectivity index (χ3n) is 2.46. The fourth-order valence-corrected chi connectivity index (χ4v) is 2.33. The molecule has 2 N–H and O–H groups in total. The second kappa shape index (κ2) is 5.69. The van der Waals surface area contributed by atoms with Crippen molar-refractivity contribution in [1.29, 1.82) is 0 Å². The van der Waals surface area contributed by atoms with E-state index in [-0.39, 0.29) is 18.4 Å². The maximum Gasteiger partial charge on any atom is 0.0560 e. The van der Waals surface area contributed by atoms with Crippen LogP contribution < -0.4 is 5.73 Å². The van der Waals surface area contributed by atoms with E-state index >= 15 is 0 Å². The standard InChI is InChI=1S/C12H12ClNS.ClH/c1-8-2-3-9(6-11(8)13)12(14)10-4-5-15-7-10;/h2-7,12H,14H2,1H3;1H/t12-;/m0./s1. The van der Waals surface area contributed by atoms with E-state index in [2.05, 4.69) is 5.38 Å². The topological polar surface area (TPSA) is 26.0 Å². The molecule has 0 bridgehead atoms. The minimum atomic E-state index is -0.0747. The number of thiophene rings is 1. The van der Waals surface area contributed by atoms with Crippen LogP contribution in [-0.2, 0) is 0 Å². The molecule has 86 valence electrons. The minimum absolute atomic E-state index is 0. The Balaban J connectivity index is 0.00000128. The van der Waals surface area contributed by atoms with Crippen LogP contribution in [0.1, 0.15) is 22.7 Å². The summed E-state index contributed by atoms with van der Waals surface area (Å²) in [7, 11) is 0. The quantitative estimate of drug-likeness (QED) is 0.873. The molecule has 1 atom stereocenters. The summed E-state index contributed by atoms with van der Waals surface area (Å²) < 4.78 is 0. The van der Waals surface area contributed by atoms with Gasteiger partial charge in [0.25, 0.3) is 0 Å². The number of halogens is 2. The summed E-state index contributed by atoms with van der Waals surface area (Å²) in [5.74, 6) is 0. The van der Waals surface area contributed by atoms with Gasteiger partial charge in [-0.05, 0) is 46.5 Å². The van der Waals surface area contributed by atoms with Crippen LogP contribution in [0.2, 0.25) is 5.02 Å². The van der Waals surface area contributed by atoms with Gasteiger partial charge in [0.1, 0.15) is 0 Å². The Morgan fingerprint density at radius 1 is 1.25 bits per heavy atom. The molecule has 2 rings (SSSR count). The van der Waals surface area contributed by atoms with Crippen LogP contribution in [0.15, 0.2) is 35.0 Å². The number of aryl methyl sites for hydroxylation is 1. The molecule has 0 fully saturated rings. The number of benzene rings is 1. The zero-order valence-corrected chi connectivity index (χ0v) is 11.2. The highest BCUT2D eigenvalue weighted by atomic mass is 35.5. The Morgan fingerprint density at radius 3 is 2.56 bits per heavy atom. The average Bonchev–Trinajstić information content (AvgIpc) is 2.74. The van der Waals surface area contributed by atoms with Gasteiger partial charge < -0.3 is 5.73 Å².